The minimum absolute atomic E-state index is 0.0858. The molecular formula is C18H17N3O. The number of nitrogen functional groups attached to an aromatic ring is 1. The first-order valence-electron chi connectivity index (χ1n) is 7.27. The molecule has 0 saturated carbocycles. The number of anilines is 2. The summed E-state index contributed by atoms with van der Waals surface area (Å²) in [6, 6.07) is 13.5. The van der Waals surface area contributed by atoms with Gasteiger partial charge in [0.2, 0.25) is 5.91 Å². The van der Waals surface area contributed by atoms with Crippen molar-refractivity contribution >= 4 is 17.3 Å². The normalized spacial score (nSPS) is 13.6. The number of nitrogens with two attached hydrogens (primary N) is 1. The first-order valence-corrected chi connectivity index (χ1v) is 7.27. The highest BCUT2D eigenvalue weighted by molar-refractivity contribution is 5.96. The first-order chi connectivity index (χ1) is 10.6. The standard InChI is InChI=1S/C18H17N3O/c1-12-2-3-14(10-19)15(8-12)11-21-17-6-5-16(20)9-13(17)4-7-18(21)22/h2-3,5-6,8-9H,4,7,11,20H2,1H3. The second-order valence-electron chi connectivity index (χ2n) is 5.64. The second kappa shape index (κ2) is 5.53. The summed E-state index contributed by atoms with van der Waals surface area (Å²) in [7, 11) is 0. The van der Waals surface area contributed by atoms with E-state index < -0.39 is 0 Å². The topological polar surface area (TPSA) is 70.1 Å². The largest absolute Gasteiger partial charge is 0.399 e. The van der Waals surface area contributed by atoms with Crippen molar-refractivity contribution in [3.05, 3.63) is 58.7 Å². The predicted molar refractivity (Wildman–Crippen MR) is 86.3 cm³/mol. The van der Waals surface area contributed by atoms with Gasteiger partial charge in [-0.15, -0.1) is 0 Å². The number of nitriles is 1. The lowest BCUT2D eigenvalue weighted by atomic mass is 9.98. The molecule has 0 saturated heterocycles. The SMILES string of the molecule is Cc1ccc(C#N)c(CN2C(=O)CCc3cc(N)ccc32)c1. The Morgan fingerprint density at radius 3 is 2.82 bits per heavy atom. The lowest BCUT2D eigenvalue weighted by molar-refractivity contribution is -0.119. The molecule has 0 unspecified atom stereocenters. The van der Waals surface area contributed by atoms with E-state index in [-0.39, 0.29) is 5.91 Å². The van der Waals surface area contributed by atoms with E-state index in [0.717, 1.165) is 22.4 Å². The molecule has 0 aromatic heterocycles. The molecule has 1 aliphatic heterocycles. The molecule has 1 heterocycles. The third-order valence-electron chi connectivity index (χ3n) is 4.01. The zero-order valence-electron chi connectivity index (χ0n) is 12.5. The highest BCUT2D eigenvalue weighted by Crippen LogP contribution is 2.31. The van der Waals surface area contributed by atoms with Gasteiger partial charge in [0.15, 0.2) is 0 Å². The Kier molecular flexibility index (Phi) is 3.56. The Morgan fingerprint density at radius 2 is 2.05 bits per heavy atom. The van der Waals surface area contributed by atoms with E-state index >= 15 is 0 Å². The van der Waals surface area contributed by atoms with Crippen molar-refractivity contribution in [2.24, 2.45) is 0 Å². The Labute approximate surface area is 129 Å². The molecule has 0 radical (unpaired) electrons. The molecule has 0 aliphatic carbocycles. The average Bonchev–Trinajstić information content (AvgIpc) is 2.50. The summed E-state index contributed by atoms with van der Waals surface area (Å²) in [6.45, 7) is 2.40. The molecule has 2 aromatic rings. The molecule has 0 fully saturated rings. The number of benzene rings is 2. The maximum absolute atomic E-state index is 12.3. The van der Waals surface area contributed by atoms with Crippen LogP contribution in [0.4, 0.5) is 11.4 Å². The zero-order valence-corrected chi connectivity index (χ0v) is 12.5. The summed E-state index contributed by atoms with van der Waals surface area (Å²) < 4.78 is 0. The Morgan fingerprint density at radius 1 is 1.23 bits per heavy atom. The summed E-state index contributed by atoms with van der Waals surface area (Å²) in [5.74, 6) is 0.0858. The fourth-order valence-corrected chi connectivity index (χ4v) is 2.89. The van der Waals surface area contributed by atoms with Gasteiger partial charge in [0, 0.05) is 17.8 Å². The predicted octanol–water partition coefficient (Wildman–Crippen LogP) is 2.93. The number of hydrogen-bond acceptors (Lipinski definition) is 3. The van der Waals surface area contributed by atoms with E-state index in [2.05, 4.69) is 6.07 Å². The van der Waals surface area contributed by atoms with Crippen LogP contribution in [-0.4, -0.2) is 5.91 Å². The highest BCUT2D eigenvalue weighted by atomic mass is 16.2. The number of carbonyl (C=O) groups is 1. The van der Waals surface area contributed by atoms with E-state index in [0.29, 0.717) is 30.6 Å². The lowest BCUT2D eigenvalue weighted by Crippen LogP contribution is -2.34. The molecule has 2 aromatic carbocycles. The van der Waals surface area contributed by atoms with Crippen LogP contribution in [0.1, 0.15) is 28.7 Å². The summed E-state index contributed by atoms with van der Waals surface area (Å²) in [6.07, 6.45) is 1.19. The van der Waals surface area contributed by atoms with E-state index in [1.54, 1.807) is 4.90 Å². The monoisotopic (exact) mass is 291 g/mol. The zero-order chi connectivity index (χ0) is 15.7. The summed E-state index contributed by atoms with van der Waals surface area (Å²) in [5, 5.41) is 9.27. The van der Waals surface area contributed by atoms with Crippen molar-refractivity contribution in [1.29, 1.82) is 5.26 Å². The van der Waals surface area contributed by atoms with Crippen LogP contribution >= 0.6 is 0 Å². The van der Waals surface area contributed by atoms with Crippen LogP contribution in [0.3, 0.4) is 0 Å². The number of amides is 1. The van der Waals surface area contributed by atoms with E-state index in [4.69, 9.17) is 5.73 Å². The van der Waals surface area contributed by atoms with Gasteiger partial charge in [0.05, 0.1) is 18.2 Å². The van der Waals surface area contributed by atoms with E-state index in [9.17, 15) is 10.1 Å². The van der Waals surface area contributed by atoms with Crippen molar-refractivity contribution in [2.45, 2.75) is 26.3 Å². The summed E-state index contributed by atoms with van der Waals surface area (Å²) >= 11 is 0. The molecule has 1 amide bonds. The van der Waals surface area contributed by atoms with Crippen molar-refractivity contribution < 1.29 is 4.79 Å². The average molecular weight is 291 g/mol. The molecule has 0 bridgehead atoms. The Balaban J connectivity index is 2.01. The second-order valence-corrected chi connectivity index (χ2v) is 5.64. The van der Waals surface area contributed by atoms with E-state index in [1.165, 1.54) is 0 Å². The van der Waals surface area contributed by atoms with Crippen LogP contribution in [0, 0.1) is 18.3 Å². The molecule has 4 heteroatoms. The molecule has 22 heavy (non-hydrogen) atoms. The van der Waals surface area contributed by atoms with Gasteiger partial charge in [-0.05, 0) is 48.7 Å². The molecule has 2 N–H and O–H groups in total. The van der Waals surface area contributed by atoms with Crippen LogP contribution in [0.15, 0.2) is 36.4 Å². The van der Waals surface area contributed by atoms with Crippen molar-refractivity contribution in [2.75, 3.05) is 10.6 Å². The van der Waals surface area contributed by atoms with Gasteiger partial charge in [0.25, 0.3) is 0 Å². The summed E-state index contributed by atoms with van der Waals surface area (Å²) in [5.41, 5.74) is 11.1. The molecule has 3 rings (SSSR count). The molecular weight excluding hydrogens is 274 g/mol. The van der Waals surface area contributed by atoms with Gasteiger partial charge in [-0.2, -0.15) is 5.26 Å². The molecule has 110 valence electrons. The fourth-order valence-electron chi connectivity index (χ4n) is 2.89. The molecule has 1 aliphatic rings. The highest BCUT2D eigenvalue weighted by Gasteiger charge is 2.25. The smallest absolute Gasteiger partial charge is 0.227 e. The van der Waals surface area contributed by atoms with Crippen LogP contribution in [-0.2, 0) is 17.8 Å². The Bertz CT molecular complexity index is 789. The molecule has 4 nitrogen and oxygen atoms in total. The van der Waals surface area contributed by atoms with Gasteiger partial charge < -0.3 is 10.6 Å². The summed E-state index contributed by atoms with van der Waals surface area (Å²) in [4.78, 5) is 14.1. The maximum Gasteiger partial charge on any atom is 0.227 e. The number of rotatable bonds is 2. The van der Waals surface area contributed by atoms with Gasteiger partial charge in [-0.1, -0.05) is 17.7 Å². The number of nitrogens with zero attached hydrogens (tertiary/aromatic N) is 2. The van der Waals surface area contributed by atoms with Crippen LogP contribution < -0.4 is 10.6 Å². The molecule has 0 atom stereocenters. The minimum Gasteiger partial charge on any atom is -0.399 e. The number of hydrogen-bond donors (Lipinski definition) is 1. The number of aryl methyl sites for hydroxylation is 2. The first kappa shape index (κ1) is 14.2. The maximum atomic E-state index is 12.3. The molecule has 0 spiro atoms. The van der Waals surface area contributed by atoms with Gasteiger partial charge >= 0.3 is 0 Å². The van der Waals surface area contributed by atoms with Crippen molar-refractivity contribution in [3.63, 3.8) is 0 Å². The van der Waals surface area contributed by atoms with Gasteiger partial charge in [-0.3, -0.25) is 4.79 Å². The van der Waals surface area contributed by atoms with Crippen LogP contribution in [0.5, 0.6) is 0 Å². The van der Waals surface area contributed by atoms with E-state index in [1.807, 2.05) is 43.3 Å². The van der Waals surface area contributed by atoms with Crippen molar-refractivity contribution in [1.82, 2.24) is 0 Å². The quantitative estimate of drug-likeness (QED) is 0.865. The van der Waals surface area contributed by atoms with Gasteiger partial charge in [0.1, 0.15) is 0 Å². The Hall–Kier alpha value is -2.80. The number of carbonyl (C=O) groups excluding carboxylic acids is 1. The van der Waals surface area contributed by atoms with Crippen LogP contribution in [0.25, 0.3) is 0 Å². The third kappa shape index (κ3) is 2.53. The van der Waals surface area contributed by atoms with Gasteiger partial charge in [-0.25, -0.2) is 0 Å². The van der Waals surface area contributed by atoms with Crippen LogP contribution in [0.2, 0.25) is 0 Å². The number of fused-ring (bicyclic) bond motifs is 1. The minimum atomic E-state index is 0.0858. The lowest BCUT2D eigenvalue weighted by Gasteiger charge is -2.30. The third-order valence-corrected chi connectivity index (χ3v) is 4.01. The van der Waals surface area contributed by atoms with Crippen molar-refractivity contribution in [3.8, 4) is 6.07 Å². The fraction of sp³-hybridized carbons (Fsp3) is 0.222.